The van der Waals surface area contributed by atoms with Crippen LogP contribution in [0.25, 0.3) is 0 Å². The van der Waals surface area contributed by atoms with Crippen molar-refractivity contribution in [3.8, 4) is 0 Å². The fraction of sp³-hybridized carbons (Fsp3) is 0.571. The summed E-state index contributed by atoms with van der Waals surface area (Å²) in [5.41, 5.74) is 5.14. The van der Waals surface area contributed by atoms with Crippen LogP contribution >= 0.6 is 0 Å². The molecule has 0 atom stereocenters. The van der Waals surface area contributed by atoms with Gasteiger partial charge in [-0.1, -0.05) is 19.1 Å². The Bertz CT molecular complexity index is 566. The van der Waals surface area contributed by atoms with Crippen molar-refractivity contribution in [2.75, 3.05) is 6.54 Å². The van der Waals surface area contributed by atoms with Crippen molar-refractivity contribution in [2.24, 2.45) is 11.7 Å². The highest BCUT2D eigenvalue weighted by molar-refractivity contribution is 7.89. The summed E-state index contributed by atoms with van der Waals surface area (Å²) in [6.45, 7) is 2.37. The van der Waals surface area contributed by atoms with Crippen molar-refractivity contribution in [1.82, 2.24) is 4.72 Å². The van der Waals surface area contributed by atoms with Gasteiger partial charge < -0.3 is 5.73 Å². The summed E-state index contributed by atoms with van der Waals surface area (Å²) in [5.74, 6) is -0.163. The van der Waals surface area contributed by atoms with Gasteiger partial charge in [-0.15, -0.1) is 0 Å². The number of rotatable bonds is 4. The van der Waals surface area contributed by atoms with Crippen molar-refractivity contribution in [3.63, 3.8) is 0 Å². The van der Waals surface area contributed by atoms with Crippen molar-refractivity contribution in [3.05, 3.63) is 30.1 Å². The molecule has 0 bridgehead atoms. The molecule has 0 radical (unpaired) electrons. The molecular formula is C14H21FN2O2S. The normalized spacial score (nSPS) is 27.4. The van der Waals surface area contributed by atoms with Crippen LogP contribution in [-0.4, -0.2) is 20.5 Å². The molecule has 4 nitrogen and oxygen atoms in total. The lowest BCUT2D eigenvalue weighted by Gasteiger charge is -2.38. The zero-order chi connectivity index (χ0) is 14.8. The van der Waals surface area contributed by atoms with Crippen LogP contribution in [0.4, 0.5) is 4.39 Å². The summed E-state index contributed by atoms with van der Waals surface area (Å²) in [4.78, 5) is -0.313. The van der Waals surface area contributed by atoms with Crippen molar-refractivity contribution < 1.29 is 12.8 Å². The monoisotopic (exact) mass is 300 g/mol. The molecule has 1 aromatic carbocycles. The largest absolute Gasteiger partial charge is 0.329 e. The molecule has 1 saturated carbocycles. The number of halogens is 1. The Labute approximate surface area is 119 Å². The van der Waals surface area contributed by atoms with Crippen LogP contribution in [0, 0.1) is 11.7 Å². The number of nitrogens with two attached hydrogens (primary N) is 1. The third kappa shape index (κ3) is 3.19. The Morgan fingerprint density at radius 2 is 1.95 bits per heavy atom. The first-order valence-electron chi connectivity index (χ1n) is 6.87. The first-order chi connectivity index (χ1) is 9.38. The highest BCUT2D eigenvalue weighted by atomic mass is 32.2. The molecule has 0 spiro atoms. The lowest BCUT2D eigenvalue weighted by atomic mass is 9.78. The molecule has 1 fully saturated rings. The standard InChI is InChI=1S/C14H21FN2O2S/c1-11-6-8-14(10-16,9-7-11)17-20(18,19)13-5-3-2-4-12(13)15/h2-5,11,17H,6-10,16H2,1H3. The van der Waals surface area contributed by atoms with Crippen LogP contribution in [0.1, 0.15) is 32.6 Å². The van der Waals surface area contributed by atoms with E-state index in [2.05, 4.69) is 11.6 Å². The number of nitrogens with one attached hydrogen (secondary N) is 1. The molecule has 20 heavy (non-hydrogen) atoms. The zero-order valence-electron chi connectivity index (χ0n) is 11.6. The highest BCUT2D eigenvalue weighted by Gasteiger charge is 2.37. The highest BCUT2D eigenvalue weighted by Crippen LogP contribution is 2.32. The van der Waals surface area contributed by atoms with Crippen LogP contribution in [0.3, 0.4) is 0 Å². The Kier molecular flexibility index (Phi) is 4.46. The quantitative estimate of drug-likeness (QED) is 0.893. The molecule has 1 aliphatic rings. The lowest BCUT2D eigenvalue weighted by Crippen LogP contribution is -2.55. The maximum atomic E-state index is 13.7. The molecule has 0 amide bonds. The maximum Gasteiger partial charge on any atom is 0.244 e. The molecule has 0 aromatic heterocycles. The third-order valence-electron chi connectivity index (χ3n) is 4.10. The molecule has 2 rings (SSSR count). The zero-order valence-corrected chi connectivity index (χ0v) is 12.4. The molecule has 3 N–H and O–H groups in total. The Balaban J connectivity index is 2.25. The molecule has 0 heterocycles. The predicted molar refractivity (Wildman–Crippen MR) is 76.1 cm³/mol. The minimum Gasteiger partial charge on any atom is -0.329 e. The first-order valence-corrected chi connectivity index (χ1v) is 8.35. The van der Waals surface area contributed by atoms with E-state index in [0.29, 0.717) is 18.8 Å². The van der Waals surface area contributed by atoms with E-state index in [9.17, 15) is 12.8 Å². The van der Waals surface area contributed by atoms with E-state index in [-0.39, 0.29) is 11.4 Å². The van der Waals surface area contributed by atoms with Gasteiger partial charge in [0.1, 0.15) is 10.7 Å². The topological polar surface area (TPSA) is 72.2 Å². The second-order valence-corrected chi connectivity index (χ2v) is 7.35. The van der Waals surface area contributed by atoms with Crippen LogP contribution in [0.5, 0.6) is 0 Å². The van der Waals surface area contributed by atoms with E-state index in [1.165, 1.54) is 18.2 Å². The lowest BCUT2D eigenvalue weighted by molar-refractivity contribution is 0.231. The van der Waals surface area contributed by atoms with Gasteiger partial charge >= 0.3 is 0 Å². The predicted octanol–water partition coefficient (Wildman–Crippen LogP) is 2.01. The van der Waals surface area contributed by atoms with E-state index >= 15 is 0 Å². The number of sulfonamides is 1. The van der Waals surface area contributed by atoms with Crippen LogP contribution in [-0.2, 0) is 10.0 Å². The molecule has 0 unspecified atom stereocenters. The van der Waals surface area contributed by atoms with E-state index < -0.39 is 21.4 Å². The van der Waals surface area contributed by atoms with E-state index in [1.807, 2.05) is 0 Å². The maximum absolute atomic E-state index is 13.7. The average molecular weight is 300 g/mol. The molecule has 112 valence electrons. The van der Waals surface area contributed by atoms with Crippen LogP contribution < -0.4 is 10.5 Å². The Morgan fingerprint density at radius 1 is 1.35 bits per heavy atom. The Morgan fingerprint density at radius 3 is 2.50 bits per heavy atom. The van der Waals surface area contributed by atoms with Gasteiger partial charge in [-0.2, -0.15) is 0 Å². The minimum atomic E-state index is -3.88. The molecule has 1 aromatic rings. The smallest absolute Gasteiger partial charge is 0.244 e. The molecule has 0 aliphatic heterocycles. The molecule has 6 heteroatoms. The summed E-state index contributed by atoms with van der Waals surface area (Å²) in [6.07, 6.45) is 3.24. The van der Waals surface area contributed by atoms with Gasteiger partial charge in [-0.25, -0.2) is 17.5 Å². The SMILES string of the molecule is CC1CCC(CN)(NS(=O)(=O)c2ccccc2F)CC1. The summed E-state index contributed by atoms with van der Waals surface area (Å²) >= 11 is 0. The van der Waals surface area contributed by atoms with Crippen LogP contribution in [0.15, 0.2) is 29.2 Å². The van der Waals surface area contributed by atoms with Crippen LogP contribution in [0.2, 0.25) is 0 Å². The number of hydrogen-bond acceptors (Lipinski definition) is 3. The summed E-state index contributed by atoms with van der Waals surface area (Å²) in [5, 5.41) is 0. The third-order valence-corrected chi connectivity index (χ3v) is 5.71. The van der Waals surface area contributed by atoms with Gasteiger partial charge in [-0.3, -0.25) is 0 Å². The van der Waals surface area contributed by atoms with Crippen molar-refractivity contribution in [1.29, 1.82) is 0 Å². The fourth-order valence-corrected chi connectivity index (χ4v) is 4.22. The van der Waals surface area contributed by atoms with E-state index in [0.717, 1.165) is 18.9 Å². The van der Waals surface area contributed by atoms with Gasteiger partial charge in [0.15, 0.2) is 0 Å². The summed E-state index contributed by atoms with van der Waals surface area (Å²) in [7, 11) is -3.88. The fourth-order valence-electron chi connectivity index (χ4n) is 2.67. The molecule has 1 aliphatic carbocycles. The molecule has 0 saturated heterocycles. The van der Waals surface area contributed by atoms with Gasteiger partial charge in [0.2, 0.25) is 10.0 Å². The minimum absolute atomic E-state index is 0.230. The van der Waals surface area contributed by atoms with Crippen molar-refractivity contribution in [2.45, 2.75) is 43.0 Å². The summed E-state index contributed by atoms with van der Waals surface area (Å²) < 4.78 is 41.0. The first kappa shape index (κ1) is 15.4. The average Bonchev–Trinajstić information content (AvgIpc) is 2.42. The second-order valence-electron chi connectivity index (χ2n) is 5.70. The molecular weight excluding hydrogens is 279 g/mol. The number of hydrogen-bond donors (Lipinski definition) is 2. The summed E-state index contributed by atoms with van der Waals surface area (Å²) in [6, 6.07) is 5.39. The van der Waals surface area contributed by atoms with Gasteiger partial charge in [0, 0.05) is 12.1 Å². The van der Waals surface area contributed by atoms with E-state index in [1.54, 1.807) is 0 Å². The Hall–Kier alpha value is -0.980. The second kappa shape index (κ2) is 5.79. The van der Waals surface area contributed by atoms with Crippen molar-refractivity contribution >= 4 is 10.0 Å². The van der Waals surface area contributed by atoms with Gasteiger partial charge in [0.25, 0.3) is 0 Å². The number of benzene rings is 1. The van der Waals surface area contributed by atoms with Gasteiger partial charge in [0.05, 0.1) is 0 Å². The van der Waals surface area contributed by atoms with Gasteiger partial charge in [-0.05, 0) is 43.7 Å². The van der Waals surface area contributed by atoms with E-state index in [4.69, 9.17) is 5.73 Å².